The standard InChI is InChI=1S/C13H15N3O/c14-9-12-1-2-13(16-10-12)15-6-3-11-4-7-17-8-5-11/h1-2,4,10H,3,5-8H2,(H,15,16). The zero-order valence-electron chi connectivity index (χ0n) is 9.65. The maximum Gasteiger partial charge on any atom is 0.125 e. The van der Waals surface area contributed by atoms with Crippen LogP contribution in [0.1, 0.15) is 18.4 Å². The van der Waals surface area contributed by atoms with E-state index in [1.54, 1.807) is 12.3 Å². The fraction of sp³-hybridized carbons (Fsp3) is 0.385. The summed E-state index contributed by atoms with van der Waals surface area (Å²) in [5.74, 6) is 0.816. The van der Waals surface area contributed by atoms with Gasteiger partial charge in [0.2, 0.25) is 0 Å². The fourth-order valence-corrected chi connectivity index (χ4v) is 1.71. The van der Waals surface area contributed by atoms with Crippen molar-refractivity contribution in [3.05, 3.63) is 35.5 Å². The molecular formula is C13H15N3O. The molecule has 0 bridgehead atoms. The van der Waals surface area contributed by atoms with Crippen LogP contribution in [0.25, 0.3) is 0 Å². The van der Waals surface area contributed by atoms with Crippen molar-refractivity contribution in [1.82, 2.24) is 4.98 Å². The molecule has 0 spiro atoms. The predicted molar refractivity (Wildman–Crippen MR) is 65.6 cm³/mol. The molecule has 0 fully saturated rings. The van der Waals surface area contributed by atoms with Gasteiger partial charge in [-0.1, -0.05) is 11.6 Å². The van der Waals surface area contributed by atoms with Crippen LogP contribution in [0.2, 0.25) is 0 Å². The van der Waals surface area contributed by atoms with Crippen LogP contribution in [0.3, 0.4) is 0 Å². The van der Waals surface area contributed by atoms with Crippen molar-refractivity contribution in [2.45, 2.75) is 12.8 Å². The van der Waals surface area contributed by atoms with E-state index in [-0.39, 0.29) is 0 Å². The molecule has 1 N–H and O–H groups in total. The number of aromatic nitrogens is 1. The van der Waals surface area contributed by atoms with Gasteiger partial charge in [0, 0.05) is 12.7 Å². The van der Waals surface area contributed by atoms with Crippen LogP contribution < -0.4 is 5.32 Å². The van der Waals surface area contributed by atoms with Crippen molar-refractivity contribution in [3.63, 3.8) is 0 Å². The number of ether oxygens (including phenoxy) is 1. The van der Waals surface area contributed by atoms with Crippen LogP contribution >= 0.6 is 0 Å². The van der Waals surface area contributed by atoms with Crippen molar-refractivity contribution in [2.75, 3.05) is 25.1 Å². The first-order chi connectivity index (χ1) is 8.38. The van der Waals surface area contributed by atoms with Gasteiger partial charge in [0.15, 0.2) is 0 Å². The lowest BCUT2D eigenvalue weighted by molar-refractivity contribution is 0.153. The topological polar surface area (TPSA) is 57.9 Å². The Morgan fingerprint density at radius 3 is 3.06 bits per heavy atom. The van der Waals surface area contributed by atoms with Gasteiger partial charge in [-0.05, 0) is 25.0 Å². The van der Waals surface area contributed by atoms with Gasteiger partial charge in [0.05, 0.1) is 18.8 Å². The summed E-state index contributed by atoms with van der Waals surface area (Å²) in [5.41, 5.74) is 2.03. The first-order valence-corrected chi connectivity index (χ1v) is 5.74. The number of nitrogens with one attached hydrogen (secondary N) is 1. The molecule has 1 aliphatic heterocycles. The lowest BCUT2D eigenvalue weighted by Crippen LogP contribution is -2.09. The van der Waals surface area contributed by atoms with Gasteiger partial charge >= 0.3 is 0 Å². The monoisotopic (exact) mass is 229 g/mol. The second-order valence-corrected chi connectivity index (χ2v) is 3.91. The molecule has 1 aromatic rings. The van der Waals surface area contributed by atoms with Gasteiger partial charge in [-0.25, -0.2) is 4.98 Å². The zero-order valence-corrected chi connectivity index (χ0v) is 9.65. The normalized spacial score (nSPS) is 14.9. The highest BCUT2D eigenvalue weighted by Gasteiger charge is 2.03. The highest BCUT2D eigenvalue weighted by molar-refractivity contribution is 5.38. The molecule has 0 saturated heterocycles. The summed E-state index contributed by atoms with van der Waals surface area (Å²) in [6.45, 7) is 2.44. The Morgan fingerprint density at radius 2 is 2.41 bits per heavy atom. The minimum atomic E-state index is 0.586. The smallest absolute Gasteiger partial charge is 0.125 e. The van der Waals surface area contributed by atoms with Crippen molar-refractivity contribution < 1.29 is 4.74 Å². The first-order valence-electron chi connectivity index (χ1n) is 5.74. The Labute approximate surface area is 101 Å². The Balaban J connectivity index is 1.77. The molecule has 4 heteroatoms. The molecule has 0 amide bonds. The Hall–Kier alpha value is -1.86. The molecule has 2 heterocycles. The molecule has 0 aliphatic carbocycles. The van der Waals surface area contributed by atoms with Gasteiger partial charge in [0.1, 0.15) is 11.9 Å². The van der Waals surface area contributed by atoms with Crippen molar-refractivity contribution in [3.8, 4) is 6.07 Å². The summed E-state index contributed by atoms with van der Waals surface area (Å²) in [6.07, 6.45) is 5.78. The largest absolute Gasteiger partial charge is 0.377 e. The summed E-state index contributed by atoms with van der Waals surface area (Å²) in [6, 6.07) is 5.65. The number of hydrogen-bond acceptors (Lipinski definition) is 4. The maximum absolute atomic E-state index is 8.65. The minimum Gasteiger partial charge on any atom is -0.377 e. The van der Waals surface area contributed by atoms with Gasteiger partial charge < -0.3 is 10.1 Å². The minimum absolute atomic E-state index is 0.586. The molecule has 0 radical (unpaired) electrons. The van der Waals surface area contributed by atoms with E-state index >= 15 is 0 Å². The van der Waals surface area contributed by atoms with Gasteiger partial charge in [-0.3, -0.25) is 0 Å². The number of nitrogens with zero attached hydrogens (tertiary/aromatic N) is 2. The third kappa shape index (κ3) is 3.58. The molecule has 1 aromatic heterocycles. The summed E-state index contributed by atoms with van der Waals surface area (Å²) < 4.78 is 5.25. The van der Waals surface area contributed by atoms with Gasteiger partial charge in [-0.2, -0.15) is 5.26 Å². The number of anilines is 1. The molecule has 4 nitrogen and oxygen atoms in total. The van der Waals surface area contributed by atoms with E-state index in [1.165, 1.54) is 5.57 Å². The van der Waals surface area contributed by atoms with E-state index < -0.39 is 0 Å². The second-order valence-electron chi connectivity index (χ2n) is 3.91. The van der Waals surface area contributed by atoms with E-state index in [0.717, 1.165) is 38.4 Å². The van der Waals surface area contributed by atoms with E-state index in [0.29, 0.717) is 5.56 Å². The third-order valence-electron chi connectivity index (χ3n) is 2.70. The lowest BCUT2D eigenvalue weighted by atomic mass is 10.1. The molecular weight excluding hydrogens is 214 g/mol. The van der Waals surface area contributed by atoms with Crippen LogP contribution in [-0.4, -0.2) is 24.7 Å². The summed E-state index contributed by atoms with van der Waals surface area (Å²) in [5, 5.41) is 11.9. The molecule has 0 unspecified atom stereocenters. The number of rotatable bonds is 4. The fourth-order valence-electron chi connectivity index (χ4n) is 1.71. The molecule has 2 rings (SSSR count). The summed E-state index contributed by atoms with van der Waals surface area (Å²) in [7, 11) is 0. The number of nitriles is 1. The number of hydrogen-bond donors (Lipinski definition) is 1. The molecule has 88 valence electrons. The lowest BCUT2D eigenvalue weighted by Gasteiger charge is -2.13. The van der Waals surface area contributed by atoms with Crippen LogP contribution in [0.15, 0.2) is 30.0 Å². The van der Waals surface area contributed by atoms with Gasteiger partial charge in [-0.15, -0.1) is 0 Å². The molecule has 1 aliphatic rings. The van der Waals surface area contributed by atoms with Gasteiger partial charge in [0.25, 0.3) is 0 Å². The predicted octanol–water partition coefficient (Wildman–Crippen LogP) is 2.10. The molecule has 0 saturated carbocycles. The Bertz CT molecular complexity index is 431. The first kappa shape index (κ1) is 11.6. The highest BCUT2D eigenvalue weighted by atomic mass is 16.5. The second kappa shape index (κ2) is 6.02. The van der Waals surface area contributed by atoms with E-state index in [1.807, 2.05) is 12.1 Å². The zero-order chi connectivity index (χ0) is 11.9. The van der Waals surface area contributed by atoms with Crippen molar-refractivity contribution in [1.29, 1.82) is 5.26 Å². The van der Waals surface area contributed by atoms with Crippen molar-refractivity contribution in [2.24, 2.45) is 0 Å². The Morgan fingerprint density at radius 1 is 1.47 bits per heavy atom. The summed E-state index contributed by atoms with van der Waals surface area (Å²) in [4.78, 5) is 4.15. The maximum atomic E-state index is 8.65. The van der Waals surface area contributed by atoms with E-state index in [2.05, 4.69) is 16.4 Å². The highest BCUT2D eigenvalue weighted by Crippen LogP contribution is 2.12. The van der Waals surface area contributed by atoms with Crippen LogP contribution in [-0.2, 0) is 4.74 Å². The quantitative estimate of drug-likeness (QED) is 0.803. The summed E-state index contributed by atoms with van der Waals surface area (Å²) >= 11 is 0. The van der Waals surface area contributed by atoms with E-state index in [9.17, 15) is 0 Å². The average Bonchev–Trinajstić information content (AvgIpc) is 2.41. The SMILES string of the molecule is N#Cc1ccc(NCCC2=CCOCC2)nc1. The Kier molecular flexibility index (Phi) is 4.11. The molecule has 0 atom stereocenters. The molecule has 0 aromatic carbocycles. The molecule has 17 heavy (non-hydrogen) atoms. The van der Waals surface area contributed by atoms with Crippen LogP contribution in [0.4, 0.5) is 5.82 Å². The van der Waals surface area contributed by atoms with E-state index in [4.69, 9.17) is 10.00 Å². The van der Waals surface area contributed by atoms with Crippen molar-refractivity contribution >= 4 is 5.82 Å². The number of pyridine rings is 1. The van der Waals surface area contributed by atoms with Crippen LogP contribution in [0.5, 0.6) is 0 Å². The third-order valence-corrected chi connectivity index (χ3v) is 2.70. The average molecular weight is 229 g/mol. The van der Waals surface area contributed by atoms with Crippen LogP contribution in [0, 0.1) is 11.3 Å².